The Morgan fingerprint density at radius 3 is 2.13 bits per heavy atom. The van der Waals surface area contributed by atoms with Crippen LogP contribution in [-0.2, 0) is 0 Å². The molecule has 6 nitrogen and oxygen atoms in total. The number of carbonyl (C=O) groups is 1. The topological polar surface area (TPSA) is 86.3 Å². The molecule has 1 saturated heterocycles. The molecule has 2 aromatic carbocycles. The van der Waals surface area contributed by atoms with Crippen LogP contribution in [0.4, 0.5) is 0 Å². The van der Waals surface area contributed by atoms with Crippen molar-refractivity contribution >= 4 is 5.91 Å². The maximum Gasteiger partial charge on any atom is 0.277 e. The number of amides is 1. The molecule has 0 atom stereocenters. The second-order valence-electron chi connectivity index (χ2n) is 8.55. The van der Waals surface area contributed by atoms with Crippen molar-refractivity contribution in [3.63, 3.8) is 0 Å². The minimum atomic E-state index is -0.529. The summed E-state index contributed by atoms with van der Waals surface area (Å²) in [6.45, 7) is 1.09. The molecule has 5 rings (SSSR count). The van der Waals surface area contributed by atoms with E-state index in [1.807, 2.05) is 60.7 Å². The summed E-state index contributed by atoms with van der Waals surface area (Å²) in [5, 5.41) is 17.3. The number of aromatic amines is 1. The maximum absolute atomic E-state index is 13.6. The first kappa shape index (κ1) is 19.7. The van der Waals surface area contributed by atoms with Crippen LogP contribution in [0, 0.1) is 5.92 Å². The monoisotopic (exact) mass is 415 g/mol. The van der Waals surface area contributed by atoms with E-state index in [2.05, 4.69) is 10.2 Å². The summed E-state index contributed by atoms with van der Waals surface area (Å²) in [4.78, 5) is 28.2. The predicted octanol–water partition coefficient (Wildman–Crippen LogP) is 3.48. The molecule has 1 aromatic heterocycles. The first-order chi connectivity index (χ1) is 15.1. The van der Waals surface area contributed by atoms with Crippen LogP contribution in [-0.4, -0.2) is 44.8 Å². The van der Waals surface area contributed by atoms with E-state index in [0.717, 1.165) is 36.8 Å². The Hall–Kier alpha value is -3.25. The highest BCUT2D eigenvalue weighted by molar-refractivity contribution is 6.03. The smallest absolute Gasteiger partial charge is 0.277 e. The van der Waals surface area contributed by atoms with Crippen LogP contribution in [0.5, 0.6) is 0 Å². The lowest BCUT2D eigenvalue weighted by atomic mass is 9.88. The van der Waals surface area contributed by atoms with Crippen molar-refractivity contribution in [2.45, 2.75) is 31.3 Å². The highest BCUT2D eigenvalue weighted by Gasteiger charge is 2.48. The first-order valence-corrected chi connectivity index (χ1v) is 10.8. The third kappa shape index (κ3) is 3.68. The van der Waals surface area contributed by atoms with E-state index >= 15 is 0 Å². The van der Waals surface area contributed by atoms with Gasteiger partial charge in [-0.05, 0) is 37.2 Å². The quantitative estimate of drug-likeness (QED) is 0.683. The number of nitrogens with one attached hydrogen (secondary N) is 1. The Labute approximate surface area is 180 Å². The van der Waals surface area contributed by atoms with Crippen LogP contribution in [0.25, 0.3) is 22.4 Å². The van der Waals surface area contributed by atoms with Crippen molar-refractivity contribution in [1.82, 2.24) is 15.1 Å². The number of rotatable bonds is 4. The van der Waals surface area contributed by atoms with Gasteiger partial charge < -0.3 is 10.0 Å². The van der Waals surface area contributed by atoms with E-state index < -0.39 is 11.2 Å². The number of piperidine rings is 1. The second kappa shape index (κ2) is 7.78. The third-order valence-corrected chi connectivity index (χ3v) is 6.61. The molecule has 0 bridgehead atoms. The molecule has 0 radical (unpaired) electrons. The highest BCUT2D eigenvalue weighted by Crippen LogP contribution is 2.46. The molecule has 2 fully saturated rings. The van der Waals surface area contributed by atoms with Gasteiger partial charge in [0.25, 0.3) is 11.5 Å². The van der Waals surface area contributed by atoms with E-state index in [0.29, 0.717) is 24.3 Å². The van der Waals surface area contributed by atoms with E-state index in [1.165, 1.54) is 0 Å². The number of likely N-dealkylation sites (tertiary alicyclic amines) is 1. The lowest BCUT2D eigenvalue weighted by molar-refractivity contribution is 0.0340. The zero-order valence-corrected chi connectivity index (χ0v) is 17.3. The molecule has 0 unspecified atom stereocenters. The Morgan fingerprint density at radius 1 is 0.968 bits per heavy atom. The minimum absolute atomic E-state index is 0.128. The average molecular weight is 415 g/mol. The van der Waals surface area contributed by atoms with Crippen LogP contribution in [0.1, 0.15) is 36.0 Å². The van der Waals surface area contributed by atoms with Gasteiger partial charge in [-0.25, -0.2) is 5.10 Å². The van der Waals surface area contributed by atoms with Gasteiger partial charge in [-0.1, -0.05) is 60.7 Å². The van der Waals surface area contributed by atoms with E-state index in [4.69, 9.17) is 0 Å². The van der Waals surface area contributed by atoms with Crippen molar-refractivity contribution in [3.8, 4) is 22.4 Å². The summed E-state index contributed by atoms with van der Waals surface area (Å²) in [5.41, 5.74) is 1.88. The number of hydrogen-bond acceptors (Lipinski definition) is 4. The Bertz CT molecular complexity index is 1150. The number of aliphatic hydroxyl groups is 1. The highest BCUT2D eigenvalue weighted by atomic mass is 16.3. The number of aromatic nitrogens is 2. The summed E-state index contributed by atoms with van der Waals surface area (Å²) in [6.07, 6.45) is 3.23. The fourth-order valence-corrected chi connectivity index (χ4v) is 4.66. The van der Waals surface area contributed by atoms with Crippen molar-refractivity contribution in [2.24, 2.45) is 5.92 Å². The van der Waals surface area contributed by atoms with Gasteiger partial charge in [-0.2, -0.15) is 5.10 Å². The summed E-state index contributed by atoms with van der Waals surface area (Å²) >= 11 is 0. The van der Waals surface area contributed by atoms with Crippen LogP contribution >= 0.6 is 0 Å². The molecule has 0 spiro atoms. The van der Waals surface area contributed by atoms with Crippen molar-refractivity contribution in [2.75, 3.05) is 13.1 Å². The van der Waals surface area contributed by atoms with E-state index in [-0.39, 0.29) is 17.4 Å². The SMILES string of the molecule is O=C(c1c(-c2ccccc2)c(-c2ccccc2)n[nH]c1=O)N1CCC(C2(O)CC2)CC1. The largest absolute Gasteiger partial charge is 0.390 e. The Kier molecular flexibility index (Phi) is 4.94. The van der Waals surface area contributed by atoms with Gasteiger partial charge in [-0.3, -0.25) is 9.59 Å². The molecule has 2 heterocycles. The normalized spacial score (nSPS) is 18.0. The second-order valence-corrected chi connectivity index (χ2v) is 8.55. The van der Waals surface area contributed by atoms with Crippen molar-refractivity contribution in [1.29, 1.82) is 0 Å². The Balaban J connectivity index is 1.56. The van der Waals surface area contributed by atoms with Crippen LogP contribution in [0.2, 0.25) is 0 Å². The molecule has 1 aliphatic carbocycles. The number of hydrogen-bond donors (Lipinski definition) is 2. The van der Waals surface area contributed by atoms with E-state index in [9.17, 15) is 14.7 Å². The summed E-state index contributed by atoms with van der Waals surface area (Å²) in [5.74, 6) is -0.0401. The van der Waals surface area contributed by atoms with Gasteiger partial charge in [0.1, 0.15) is 5.56 Å². The van der Waals surface area contributed by atoms with Crippen LogP contribution in [0.15, 0.2) is 65.5 Å². The lowest BCUT2D eigenvalue weighted by Crippen LogP contribution is -2.43. The molecule has 1 aliphatic heterocycles. The third-order valence-electron chi connectivity index (χ3n) is 6.61. The van der Waals surface area contributed by atoms with Gasteiger partial charge in [0.05, 0.1) is 11.3 Å². The average Bonchev–Trinajstić information content (AvgIpc) is 3.58. The fraction of sp³-hybridized carbons (Fsp3) is 0.320. The number of nitrogens with zero attached hydrogens (tertiary/aromatic N) is 2. The zero-order chi connectivity index (χ0) is 21.4. The maximum atomic E-state index is 13.6. The lowest BCUT2D eigenvalue weighted by Gasteiger charge is -2.34. The predicted molar refractivity (Wildman–Crippen MR) is 119 cm³/mol. The van der Waals surface area contributed by atoms with Crippen LogP contribution in [0.3, 0.4) is 0 Å². The molecule has 2 aliphatic rings. The van der Waals surface area contributed by atoms with Crippen LogP contribution < -0.4 is 5.56 Å². The van der Waals surface area contributed by atoms with Gasteiger partial charge in [0.2, 0.25) is 0 Å². The molecule has 1 amide bonds. The molecule has 2 N–H and O–H groups in total. The summed E-state index contributed by atoms with van der Waals surface area (Å²) < 4.78 is 0. The Morgan fingerprint density at radius 2 is 1.55 bits per heavy atom. The number of H-pyrrole nitrogens is 1. The fourth-order valence-electron chi connectivity index (χ4n) is 4.66. The number of benzene rings is 2. The molecular weight excluding hydrogens is 390 g/mol. The molecular formula is C25H25N3O3. The molecule has 1 saturated carbocycles. The molecule has 3 aromatic rings. The number of carbonyl (C=O) groups excluding carboxylic acids is 1. The van der Waals surface area contributed by atoms with Gasteiger partial charge in [0.15, 0.2) is 0 Å². The molecule has 158 valence electrons. The zero-order valence-electron chi connectivity index (χ0n) is 17.3. The standard InChI is InChI=1S/C25H25N3O3/c29-23-21(24(30)28-15-11-19(12-16-28)25(31)13-14-25)20(17-7-3-1-4-8-17)22(26-27-23)18-9-5-2-6-10-18/h1-10,19,31H,11-16H2,(H,27,29). The molecule has 31 heavy (non-hydrogen) atoms. The van der Waals surface area contributed by atoms with Gasteiger partial charge in [0, 0.05) is 24.2 Å². The van der Waals surface area contributed by atoms with Gasteiger partial charge in [-0.15, -0.1) is 0 Å². The van der Waals surface area contributed by atoms with Crippen molar-refractivity contribution in [3.05, 3.63) is 76.6 Å². The summed E-state index contributed by atoms with van der Waals surface area (Å²) in [7, 11) is 0. The minimum Gasteiger partial charge on any atom is -0.390 e. The first-order valence-electron chi connectivity index (χ1n) is 10.8. The van der Waals surface area contributed by atoms with E-state index in [1.54, 1.807) is 4.90 Å². The van der Waals surface area contributed by atoms with Gasteiger partial charge >= 0.3 is 0 Å². The summed E-state index contributed by atoms with van der Waals surface area (Å²) in [6, 6.07) is 19.1. The molecule has 6 heteroatoms. The van der Waals surface area contributed by atoms with Crippen molar-refractivity contribution < 1.29 is 9.90 Å².